The number of aliphatic hydroxyl groups is 1. The number of likely N-dealkylation sites (tertiary alicyclic amines) is 1. The maximum Gasteiger partial charge on any atom is 0.128 e. The molecule has 3 aromatic rings. The lowest BCUT2D eigenvalue weighted by molar-refractivity contribution is 0.0872. The minimum absolute atomic E-state index is 0.234. The highest BCUT2D eigenvalue weighted by atomic mass is 16.3. The molecule has 1 aromatic carbocycles. The molecule has 152 valence electrons. The Balaban J connectivity index is 1.67. The van der Waals surface area contributed by atoms with Crippen LogP contribution in [-0.4, -0.2) is 55.3 Å². The quantitative estimate of drug-likeness (QED) is 0.668. The molecule has 1 atom stereocenters. The fraction of sp³-hybridized carbons (Fsp3) is 0.435. The van der Waals surface area contributed by atoms with Crippen LogP contribution in [0.3, 0.4) is 0 Å². The third-order valence-corrected chi connectivity index (χ3v) is 5.74. The van der Waals surface area contributed by atoms with Crippen molar-refractivity contribution >= 4 is 0 Å². The van der Waals surface area contributed by atoms with Crippen LogP contribution in [0.4, 0.5) is 0 Å². The van der Waals surface area contributed by atoms with Gasteiger partial charge in [-0.15, -0.1) is 0 Å². The highest BCUT2D eigenvalue weighted by Gasteiger charge is 2.22. The molecule has 1 saturated heterocycles. The molecule has 0 amide bonds. The zero-order valence-electron chi connectivity index (χ0n) is 17.0. The number of hydrogen-bond donors (Lipinski definition) is 1. The lowest BCUT2D eigenvalue weighted by Gasteiger charge is -2.34. The van der Waals surface area contributed by atoms with Crippen molar-refractivity contribution in [2.24, 2.45) is 0 Å². The molecule has 0 aliphatic carbocycles. The van der Waals surface area contributed by atoms with Gasteiger partial charge in [0.2, 0.25) is 0 Å². The fourth-order valence-corrected chi connectivity index (χ4v) is 4.13. The Labute approximate surface area is 172 Å². The van der Waals surface area contributed by atoms with E-state index >= 15 is 0 Å². The Bertz CT molecular complexity index is 924. The van der Waals surface area contributed by atoms with Crippen molar-refractivity contribution in [1.29, 1.82) is 0 Å². The Morgan fingerprint density at radius 1 is 1.07 bits per heavy atom. The van der Waals surface area contributed by atoms with E-state index in [9.17, 15) is 5.11 Å². The maximum atomic E-state index is 9.72. The first-order chi connectivity index (χ1) is 14.3. The van der Waals surface area contributed by atoms with Crippen LogP contribution in [0.25, 0.3) is 22.6 Å². The normalized spacial score (nSPS) is 17.5. The highest BCUT2D eigenvalue weighted by Crippen LogP contribution is 2.30. The van der Waals surface area contributed by atoms with Crippen LogP contribution < -0.4 is 0 Å². The molecule has 1 N–H and O–H groups in total. The van der Waals surface area contributed by atoms with Gasteiger partial charge in [-0.25, -0.2) is 15.0 Å². The molecule has 6 nitrogen and oxygen atoms in total. The lowest BCUT2D eigenvalue weighted by atomic mass is 10.0. The lowest BCUT2D eigenvalue weighted by Crippen LogP contribution is -2.43. The standard InChI is InChI=1S/C23H29N5O/c1-2-21-24-12-11-20(26-21)23-22(18-8-4-3-5-9-18)25-17-28(23)15-14-27-13-7-6-10-19(27)16-29/h3-5,8-9,11-12,17,19,29H,2,6-7,10,13-16H2,1H3/t19-/m1/s1. The summed E-state index contributed by atoms with van der Waals surface area (Å²) in [6, 6.07) is 12.5. The SMILES string of the molecule is CCc1nccc(-c2c(-c3ccccc3)ncn2CCN2CCCC[C@@H]2CO)n1. The van der Waals surface area contributed by atoms with Crippen LogP contribution in [0, 0.1) is 0 Å². The van der Waals surface area contributed by atoms with Crippen molar-refractivity contribution in [1.82, 2.24) is 24.4 Å². The first kappa shape index (κ1) is 19.7. The van der Waals surface area contributed by atoms with Crippen molar-refractivity contribution in [3.05, 3.63) is 54.7 Å². The van der Waals surface area contributed by atoms with E-state index in [1.165, 1.54) is 12.8 Å². The summed E-state index contributed by atoms with van der Waals surface area (Å²) >= 11 is 0. The predicted octanol–water partition coefficient (Wildman–Crippen LogP) is 3.42. The number of rotatable bonds is 7. The van der Waals surface area contributed by atoms with Crippen LogP contribution in [0.2, 0.25) is 0 Å². The zero-order chi connectivity index (χ0) is 20.1. The number of piperidine rings is 1. The molecule has 1 aliphatic rings. The number of aryl methyl sites for hydroxylation is 1. The molecule has 2 aromatic heterocycles. The summed E-state index contributed by atoms with van der Waals surface area (Å²) in [7, 11) is 0. The molecule has 3 heterocycles. The van der Waals surface area contributed by atoms with Crippen molar-refractivity contribution in [2.75, 3.05) is 19.7 Å². The number of aromatic nitrogens is 4. The molecule has 1 fully saturated rings. The van der Waals surface area contributed by atoms with Gasteiger partial charge < -0.3 is 9.67 Å². The third kappa shape index (κ3) is 4.38. The van der Waals surface area contributed by atoms with Gasteiger partial charge in [0.25, 0.3) is 0 Å². The second kappa shape index (κ2) is 9.29. The van der Waals surface area contributed by atoms with Crippen LogP contribution in [0.15, 0.2) is 48.9 Å². The largest absolute Gasteiger partial charge is 0.395 e. The summed E-state index contributed by atoms with van der Waals surface area (Å²) in [5, 5.41) is 9.72. The second-order valence-electron chi connectivity index (χ2n) is 7.58. The van der Waals surface area contributed by atoms with Crippen LogP contribution in [0.1, 0.15) is 32.0 Å². The van der Waals surface area contributed by atoms with Gasteiger partial charge in [-0.05, 0) is 25.5 Å². The summed E-state index contributed by atoms with van der Waals surface area (Å²) in [6.45, 7) is 5.07. The third-order valence-electron chi connectivity index (χ3n) is 5.74. The number of aliphatic hydroxyl groups excluding tert-OH is 1. The van der Waals surface area contributed by atoms with E-state index in [2.05, 4.69) is 33.5 Å². The van der Waals surface area contributed by atoms with E-state index in [4.69, 9.17) is 9.97 Å². The Hall–Kier alpha value is -2.57. The summed E-state index contributed by atoms with van der Waals surface area (Å²) < 4.78 is 2.20. The van der Waals surface area contributed by atoms with Crippen LogP contribution in [0.5, 0.6) is 0 Å². The molecule has 0 unspecified atom stereocenters. The number of benzene rings is 1. The van der Waals surface area contributed by atoms with Gasteiger partial charge in [-0.2, -0.15) is 0 Å². The van der Waals surface area contributed by atoms with Gasteiger partial charge in [-0.1, -0.05) is 43.7 Å². The topological polar surface area (TPSA) is 67.1 Å². The van der Waals surface area contributed by atoms with Crippen molar-refractivity contribution in [3.8, 4) is 22.6 Å². The molecule has 6 heteroatoms. The molecular formula is C23H29N5O. The smallest absolute Gasteiger partial charge is 0.128 e. The summed E-state index contributed by atoms with van der Waals surface area (Å²) in [6.07, 6.45) is 8.04. The molecule has 0 radical (unpaired) electrons. The predicted molar refractivity (Wildman–Crippen MR) is 114 cm³/mol. The molecule has 29 heavy (non-hydrogen) atoms. The minimum atomic E-state index is 0.234. The van der Waals surface area contributed by atoms with Crippen molar-refractivity contribution < 1.29 is 5.11 Å². The first-order valence-electron chi connectivity index (χ1n) is 10.6. The van der Waals surface area contributed by atoms with E-state index in [0.29, 0.717) is 0 Å². The first-order valence-corrected chi connectivity index (χ1v) is 10.6. The number of nitrogens with zero attached hydrogens (tertiary/aromatic N) is 5. The monoisotopic (exact) mass is 391 g/mol. The average molecular weight is 392 g/mol. The number of imidazole rings is 1. The fourth-order valence-electron chi connectivity index (χ4n) is 4.13. The second-order valence-corrected chi connectivity index (χ2v) is 7.58. The van der Waals surface area contributed by atoms with E-state index in [1.54, 1.807) is 0 Å². The molecule has 0 bridgehead atoms. The zero-order valence-corrected chi connectivity index (χ0v) is 17.0. The van der Waals surface area contributed by atoms with Gasteiger partial charge >= 0.3 is 0 Å². The maximum absolute atomic E-state index is 9.72. The van der Waals surface area contributed by atoms with Crippen molar-refractivity contribution in [3.63, 3.8) is 0 Å². The van der Waals surface area contributed by atoms with E-state index in [0.717, 1.165) is 60.9 Å². The molecule has 1 aliphatic heterocycles. The van der Waals surface area contributed by atoms with Crippen LogP contribution >= 0.6 is 0 Å². The molecule has 0 spiro atoms. The molecular weight excluding hydrogens is 362 g/mol. The Morgan fingerprint density at radius 3 is 2.72 bits per heavy atom. The highest BCUT2D eigenvalue weighted by molar-refractivity contribution is 5.76. The molecule has 4 rings (SSSR count). The van der Waals surface area contributed by atoms with Crippen molar-refractivity contribution in [2.45, 2.75) is 45.2 Å². The average Bonchev–Trinajstić information content (AvgIpc) is 3.22. The van der Waals surface area contributed by atoms with E-state index < -0.39 is 0 Å². The molecule has 0 saturated carbocycles. The Morgan fingerprint density at radius 2 is 1.93 bits per heavy atom. The van der Waals surface area contributed by atoms with Gasteiger partial charge in [-0.3, -0.25) is 4.90 Å². The number of hydrogen-bond acceptors (Lipinski definition) is 5. The summed E-state index contributed by atoms with van der Waals surface area (Å²) in [4.78, 5) is 16.3. The van der Waals surface area contributed by atoms with Gasteiger partial charge in [0.1, 0.15) is 5.82 Å². The van der Waals surface area contributed by atoms with Gasteiger partial charge in [0, 0.05) is 37.3 Å². The van der Waals surface area contributed by atoms with Crippen LogP contribution in [-0.2, 0) is 13.0 Å². The van der Waals surface area contributed by atoms with E-state index in [-0.39, 0.29) is 12.6 Å². The van der Waals surface area contributed by atoms with Gasteiger partial charge in [0.05, 0.1) is 30.0 Å². The summed E-state index contributed by atoms with van der Waals surface area (Å²) in [5.74, 6) is 0.839. The minimum Gasteiger partial charge on any atom is -0.395 e. The Kier molecular flexibility index (Phi) is 6.32. The van der Waals surface area contributed by atoms with E-state index in [1.807, 2.05) is 36.8 Å². The van der Waals surface area contributed by atoms with Gasteiger partial charge in [0.15, 0.2) is 0 Å². The summed E-state index contributed by atoms with van der Waals surface area (Å²) in [5.41, 5.74) is 3.98.